The van der Waals surface area contributed by atoms with Gasteiger partial charge in [0.1, 0.15) is 12.4 Å². The van der Waals surface area contributed by atoms with Crippen molar-refractivity contribution in [1.29, 1.82) is 0 Å². The minimum absolute atomic E-state index is 0.0801. The molecule has 0 bridgehead atoms. The third kappa shape index (κ3) is 4.01. The average Bonchev–Trinajstić information content (AvgIpc) is 2.36. The topological polar surface area (TPSA) is 29.5 Å². The van der Waals surface area contributed by atoms with Gasteiger partial charge in [-0.1, -0.05) is 18.7 Å². The van der Waals surface area contributed by atoms with E-state index in [0.29, 0.717) is 10.6 Å². The molecule has 3 nitrogen and oxygen atoms in total. The Morgan fingerprint density at radius 2 is 2.16 bits per heavy atom. The van der Waals surface area contributed by atoms with Crippen molar-refractivity contribution < 1.29 is 22.7 Å². The lowest BCUT2D eigenvalue weighted by atomic mass is 10.2. The van der Waals surface area contributed by atoms with Crippen LogP contribution in [0, 0.1) is 0 Å². The molecule has 0 saturated heterocycles. The van der Waals surface area contributed by atoms with Crippen LogP contribution >= 0.6 is 0 Å². The van der Waals surface area contributed by atoms with E-state index in [9.17, 15) is 18.0 Å². The minimum atomic E-state index is -4.89. The van der Waals surface area contributed by atoms with Gasteiger partial charge in [-0.25, -0.2) is 0 Å². The van der Waals surface area contributed by atoms with Gasteiger partial charge in [0.15, 0.2) is 0 Å². The van der Waals surface area contributed by atoms with E-state index >= 15 is 0 Å². The highest BCUT2D eigenvalue weighted by Crippen LogP contribution is 2.26. The number of benzene rings is 1. The molecule has 0 heterocycles. The maximum atomic E-state index is 12.4. The van der Waals surface area contributed by atoms with Gasteiger partial charge in [0.25, 0.3) is 0 Å². The molecule has 0 unspecified atom stereocenters. The molecule has 0 aromatic heterocycles. The molecular formula is C13H14F3NO2. The van der Waals surface area contributed by atoms with Crippen LogP contribution in [0.5, 0.6) is 5.75 Å². The largest absolute Gasteiger partial charge is 0.489 e. The molecule has 19 heavy (non-hydrogen) atoms. The van der Waals surface area contributed by atoms with Gasteiger partial charge in [-0.05, 0) is 19.1 Å². The summed E-state index contributed by atoms with van der Waals surface area (Å²) in [5.74, 6) is -1.51. The Kier molecular flexibility index (Phi) is 4.97. The smallest absolute Gasteiger partial charge is 0.471 e. The predicted octanol–water partition coefficient (Wildman–Crippen LogP) is 3.17. The van der Waals surface area contributed by atoms with Gasteiger partial charge in [0.05, 0.1) is 0 Å². The summed E-state index contributed by atoms with van der Waals surface area (Å²) >= 11 is 0. The van der Waals surface area contributed by atoms with Crippen molar-refractivity contribution in [2.24, 2.45) is 0 Å². The predicted molar refractivity (Wildman–Crippen MR) is 66.2 cm³/mol. The molecule has 1 aromatic carbocycles. The number of anilines is 1. The summed E-state index contributed by atoms with van der Waals surface area (Å²) in [6, 6.07) is 5.93. The van der Waals surface area contributed by atoms with Gasteiger partial charge in [-0.15, -0.1) is 0 Å². The van der Waals surface area contributed by atoms with Crippen molar-refractivity contribution in [2.45, 2.75) is 13.1 Å². The number of alkyl halides is 3. The fourth-order valence-corrected chi connectivity index (χ4v) is 1.49. The fourth-order valence-electron chi connectivity index (χ4n) is 1.49. The van der Waals surface area contributed by atoms with Crippen LogP contribution in [0.4, 0.5) is 18.9 Å². The van der Waals surface area contributed by atoms with Crippen LogP contribution in [-0.4, -0.2) is 25.2 Å². The normalized spacial score (nSPS) is 10.9. The van der Waals surface area contributed by atoms with Crippen molar-refractivity contribution in [2.75, 3.05) is 18.1 Å². The Morgan fingerprint density at radius 3 is 2.68 bits per heavy atom. The second-order valence-corrected chi connectivity index (χ2v) is 3.64. The highest BCUT2D eigenvalue weighted by atomic mass is 19.4. The molecule has 1 aromatic rings. The summed E-state index contributed by atoms with van der Waals surface area (Å²) in [5.41, 5.74) is 0.145. The molecule has 0 radical (unpaired) electrons. The van der Waals surface area contributed by atoms with Crippen LogP contribution in [0.2, 0.25) is 0 Å². The summed E-state index contributed by atoms with van der Waals surface area (Å²) in [4.78, 5) is 11.9. The lowest BCUT2D eigenvalue weighted by Crippen LogP contribution is -2.41. The van der Waals surface area contributed by atoms with Crippen molar-refractivity contribution in [3.05, 3.63) is 36.9 Å². The van der Waals surface area contributed by atoms with Gasteiger partial charge in [0.2, 0.25) is 0 Å². The highest BCUT2D eigenvalue weighted by Gasteiger charge is 2.42. The number of hydrogen-bond acceptors (Lipinski definition) is 2. The molecule has 0 N–H and O–H groups in total. The molecular weight excluding hydrogens is 259 g/mol. The molecule has 0 fully saturated rings. The number of carbonyl (C=O) groups excluding carboxylic acids is 1. The summed E-state index contributed by atoms with van der Waals surface area (Å²) < 4.78 is 42.5. The van der Waals surface area contributed by atoms with Crippen LogP contribution in [0.3, 0.4) is 0 Å². The Morgan fingerprint density at radius 1 is 1.47 bits per heavy atom. The molecule has 104 valence electrons. The number of amides is 1. The number of halogens is 3. The van der Waals surface area contributed by atoms with E-state index in [1.807, 2.05) is 0 Å². The Labute approximate surface area is 109 Å². The Balaban J connectivity index is 2.98. The second-order valence-electron chi connectivity index (χ2n) is 3.64. The summed E-state index contributed by atoms with van der Waals surface area (Å²) in [6.07, 6.45) is -3.38. The van der Waals surface area contributed by atoms with Gasteiger partial charge in [-0.3, -0.25) is 4.79 Å². The van der Waals surface area contributed by atoms with Gasteiger partial charge in [-0.2, -0.15) is 13.2 Å². The zero-order chi connectivity index (χ0) is 14.5. The first-order valence-corrected chi connectivity index (χ1v) is 5.62. The maximum absolute atomic E-state index is 12.4. The average molecular weight is 273 g/mol. The molecule has 0 atom stereocenters. The lowest BCUT2D eigenvalue weighted by Gasteiger charge is -2.22. The van der Waals surface area contributed by atoms with Gasteiger partial charge < -0.3 is 9.64 Å². The van der Waals surface area contributed by atoms with Crippen LogP contribution in [-0.2, 0) is 4.79 Å². The molecule has 0 aliphatic heterocycles. The molecule has 0 aliphatic carbocycles. The zero-order valence-electron chi connectivity index (χ0n) is 10.4. The van der Waals surface area contributed by atoms with Crippen LogP contribution in [0.15, 0.2) is 36.9 Å². The fraction of sp³-hybridized carbons (Fsp3) is 0.308. The minimum Gasteiger partial charge on any atom is -0.489 e. The van der Waals surface area contributed by atoms with E-state index in [1.165, 1.54) is 31.2 Å². The van der Waals surface area contributed by atoms with Crippen molar-refractivity contribution >= 4 is 11.6 Å². The molecule has 1 rings (SSSR count). The summed E-state index contributed by atoms with van der Waals surface area (Å²) in [7, 11) is 0. The first kappa shape index (κ1) is 15.1. The van der Waals surface area contributed by atoms with E-state index in [2.05, 4.69) is 6.58 Å². The third-order valence-electron chi connectivity index (χ3n) is 2.30. The van der Waals surface area contributed by atoms with E-state index < -0.39 is 12.1 Å². The van der Waals surface area contributed by atoms with Crippen molar-refractivity contribution in [3.8, 4) is 5.75 Å². The van der Waals surface area contributed by atoms with Crippen molar-refractivity contribution in [3.63, 3.8) is 0 Å². The Bertz CT molecular complexity index is 457. The lowest BCUT2D eigenvalue weighted by molar-refractivity contribution is -0.170. The standard InChI is InChI=1S/C13H14F3NO2/c1-3-8-19-11-7-5-6-10(9-11)17(4-2)12(18)13(14,15)16/h3,5-7,9H,1,4,8H2,2H3. The van der Waals surface area contributed by atoms with Crippen LogP contribution in [0.25, 0.3) is 0 Å². The molecule has 0 saturated carbocycles. The number of hydrogen-bond donors (Lipinski definition) is 0. The van der Waals surface area contributed by atoms with Crippen LogP contribution < -0.4 is 9.64 Å². The number of ether oxygens (including phenoxy) is 1. The monoisotopic (exact) mass is 273 g/mol. The first-order valence-electron chi connectivity index (χ1n) is 5.62. The van der Waals surface area contributed by atoms with Crippen LogP contribution in [0.1, 0.15) is 6.92 Å². The maximum Gasteiger partial charge on any atom is 0.471 e. The number of nitrogens with zero attached hydrogens (tertiary/aromatic N) is 1. The molecule has 6 heteroatoms. The highest BCUT2D eigenvalue weighted by molar-refractivity contribution is 5.97. The third-order valence-corrected chi connectivity index (χ3v) is 2.30. The zero-order valence-corrected chi connectivity index (χ0v) is 10.4. The molecule has 0 aliphatic rings. The van der Waals surface area contributed by atoms with Gasteiger partial charge >= 0.3 is 12.1 Å². The summed E-state index contributed by atoms with van der Waals surface area (Å²) in [5, 5.41) is 0. The van der Waals surface area contributed by atoms with Crippen molar-refractivity contribution in [1.82, 2.24) is 0 Å². The molecule has 1 amide bonds. The SMILES string of the molecule is C=CCOc1cccc(N(CC)C(=O)C(F)(F)F)c1. The van der Waals surface area contributed by atoms with Gasteiger partial charge in [0, 0.05) is 18.3 Å². The quantitative estimate of drug-likeness (QED) is 0.771. The second kappa shape index (κ2) is 6.26. The summed E-state index contributed by atoms with van der Waals surface area (Å²) in [6.45, 7) is 5.10. The number of rotatable bonds is 5. The van der Waals surface area contributed by atoms with E-state index in [0.717, 1.165) is 0 Å². The van der Waals surface area contributed by atoms with E-state index in [4.69, 9.17) is 4.74 Å². The number of carbonyl (C=O) groups is 1. The first-order chi connectivity index (χ1) is 8.90. The Hall–Kier alpha value is -1.98. The van der Waals surface area contributed by atoms with E-state index in [1.54, 1.807) is 6.07 Å². The van der Waals surface area contributed by atoms with E-state index in [-0.39, 0.29) is 18.8 Å². The molecule has 0 spiro atoms.